The molecule has 1 aromatic carbocycles. The zero-order valence-electron chi connectivity index (χ0n) is 9.75. The van der Waals surface area contributed by atoms with Gasteiger partial charge in [-0.2, -0.15) is 5.10 Å². The lowest BCUT2D eigenvalue weighted by molar-refractivity contribution is 0.416. The van der Waals surface area contributed by atoms with Crippen molar-refractivity contribution in [3.8, 4) is 17.0 Å². The highest BCUT2D eigenvalue weighted by atomic mass is 35.5. The van der Waals surface area contributed by atoms with Crippen LogP contribution >= 0.6 is 11.6 Å². The van der Waals surface area contributed by atoms with Crippen molar-refractivity contribution in [2.24, 2.45) is 0 Å². The van der Waals surface area contributed by atoms with Crippen LogP contribution < -0.4 is 10.1 Å². The van der Waals surface area contributed by atoms with Gasteiger partial charge in [0.05, 0.1) is 12.8 Å². The molecule has 0 saturated heterocycles. The third-order valence-corrected chi connectivity index (χ3v) is 2.67. The van der Waals surface area contributed by atoms with Crippen molar-refractivity contribution in [1.82, 2.24) is 15.5 Å². The fourth-order valence-corrected chi connectivity index (χ4v) is 1.83. The predicted octanol–water partition coefficient (Wildman–Crippen LogP) is 2.46. The van der Waals surface area contributed by atoms with Crippen LogP contribution in [-0.4, -0.2) is 24.4 Å². The standard InChI is InChI=1S/C12H14ClN3O/c1-14-7-9-6-11(16-15-9)10-5-8(13)3-4-12(10)17-2/h3-6,14H,7H2,1-2H3,(H,15,16). The second-order valence-electron chi connectivity index (χ2n) is 3.65. The van der Waals surface area contributed by atoms with Crippen LogP contribution in [0.25, 0.3) is 11.3 Å². The summed E-state index contributed by atoms with van der Waals surface area (Å²) in [6.45, 7) is 0.746. The summed E-state index contributed by atoms with van der Waals surface area (Å²) in [6, 6.07) is 7.46. The maximum Gasteiger partial charge on any atom is 0.128 e. The number of H-pyrrole nitrogens is 1. The van der Waals surface area contributed by atoms with E-state index in [-0.39, 0.29) is 0 Å². The lowest BCUT2D eigenvalue weighted by Gasteiger charge is -2.05. The first-order chi connectivity index (χ1) is 8.24. The molecule has 0 saturated carbocycles. The molecule has 2 aromatic rings. The van der Waals surface area contributed by atoms with Gasteiger partial charge in [-0.1, -0.05) is 11.6 Å². The summed E-state index contributed by atoms with van der Waals surface area (Å²) >= 11 is 5.99. The van der Waals surface area contributed by atoms with Crippen LogP contribution in [0.4, 0.5) is 0 Å². The number of aromatic nitrogens is 2. The van der Waals surface area contributed by atoms with E-state index in [0.29, 0.717) is 5.02 Å². The van der Waals surface area contributed by atoms with E-state index in [1.54, 1.807) is 13.2 Å². The minimum atomic E-state index is 0.666. The highest BCUT2D eigenvalue weighted by Crippen LogP contribution is 2.31. The summed E-state index contributed by atoms with van der Waals surface area (Å²) < 4.78 is 5.30. The molecule has 0 aliphatic carbocycles. The van der Waals surface area contributed by atoms with Gasteiger partial charge in [0.25, 0.3) is 0 Å². The SMILES string of the molecule is CNCc1cc(-c2cc(Cl)ccc2OC)n[nH]1. The number of hydrogen-bond donors (Lipinski definition) is 2. The quantitative estimate of drug-likeness (QED) is 0.878. The molecule has 17 heavy (non-hydrogen) atoms. The molecule has 5 heteroatoms. The predicted molar refractivity (Wildman–Crippen MR) is 68.3 cm³/mol. The van der Waals surface area contributed by atoms with E-state index in [1.807, 2.05) is 25.2 Å². The van der Waals surface area contributed by atoms with Gasteiger partial charge in [0.15, 0.2) is 0 Å². The Morgan fingerprint density at radius 2 is 2.24 bits per heavy atom. The van der Waals surface area contributed by atoms with Crippen LogP contribution in [0.1, 0.15) is 5.69 Å². The number of nitrogens with one attached hydrogen (secondary N) is 2. The first-order valence-corrected chi connectivity index (χ1v) is 5.65. The molecule has 0 spiro atoms. The third-order valence-electron chi connectivity index (χ3n) is 2.44. The van der Waals surface area contributed by atoms with Gasteiger partial charge in [-0.15, -0.1) is 0 Å². The van der Waals surface area contributed by atoms with Crippen LogP contribution in [0.15, 0.2) is 24.3 Å². The Morgan fingerprint density at radius 1 is 1.41 bits per heavy atom. The normalized spacial score (nSPS) is 10.5. The van der Waals surface area contributed by atoms with E-state index in [4.69, 9.17) is 16.3 Å². The Kier molecular flexibility index (Phi) is 3.66. The van der Waals surface area contributed by atoms with Crippen molar-refractivity contribution in [3.05, 3.63) is 35.0 Å². The van der Waals surface area contributed by atoms with E-state index in [1.165, 1.54) is 0 Å². The second-order valence-corrected chi connectivity index (χ2v) is 4.09. The van der Waals surface area contributed by atoms with Crippen molar-refractivity contribution < 1.29 is 4.74 Å². The molecule has 90 valence electrons. The molecule has 4 nitrogen and oxygen atoms in total. The average Bonchev–Trinajstić information content (AvgIpc) is 2.78. The van der Waals surface area contributed by atoms with E-state index in [0.717, 1.165) is 29.2 Å². The summed E-state index contributed by atoms with van der Waals surface area (Å²) in [5.41, 5.74) is 2.73. The van der Waals surface area contributed by atoms with Gasteiger partial charge in [0.2, 0.25) is 0 Å². The van der Waals surface area contributed by atoms with Crippen LogP contribution in [0.5, 0.6) is 5.75 Å². The third kappa shape index (κ3) is 2.60. The minimum Gasteiger partial charge on any atom is -0.496 e. The van der Waals surface area contributed by atoms with Crippen LogP contribution in [0.3, 0.4) is 0 Å². The maximum absolute atomic E-state index is 5.99. The molecular weight excluding hydrogens is 238 g/mol. The van der Waals surface area contributed by atoms with Crippen molar-refractivity contribution in [2.45, 2.75) is 6.54 Å². The summed E-state index contributed by atoms with van der Waals surface area (Å²) in [5.74, 6) is 0.761. The molecule has 1 heterocycles. The first-order valence-electron chi connectivity index (χ1n) is 5.27. The number of nitrogens with zero attached hydrogens (tertiary/aromatic N) is 1. The Bertz CT molecular complexity index is 510. The topological polar surface area (TPSA) is 49.9 Å². The zero-order chi connectivity index (χ0) is 12.3. The van der Waals surface area contributed by atoms with Gasteiger partial charge in [0, 0.05) is 22.8 Å². The molecule has 0 bridgehead atoms. The smallest absolute Gasteiger partial charge is 0.128 e. The average molecular weight is 252 g/mol. The molecule has 0 amide bonds. The minimum absolute atomic E-state index is 0.666. The molecule has 0 aliphatic rings. The van der Waals surface area contributed by atoms with E-state index in [9.17, 15) is 0 Å². The largest absolute Gasteiger partial charge is 0.496 e. The molecule has 2 rings (SSSR count). The van der Waals surface area contributed by atoms with Gasteiger partial charge in [-0.05, 0) is 31.3 Å². The number of ether oxygens (including phenoxy) is 1. The maximum atomic E-state index is 5.99. The number of rotatable bonds is 4. The van der Waals surface area contributed by atoms with Crippen LogP contribution in [0, 0.1) is 0 Å². The number of aromatic amines is 1. The summed E-state index contributed by atoms with van der Waals surface area (Å²) in [6.07, 6.45) is 0. The Morgan fingerprint density at radius 3 is 2.94 bits per heavy atom. The fraction of sp³-hybridized carbons (Fsp3) is 0.250. The zero-order valence-corrected chi connectivity index (χ0v) is 10.5. The Balaban J connectivity index is 2.40. The van der Waals surface area contributed by atoms with Crippen molar-refractivity contribution in [3.63, 3.8) is 0 Å². The van der Waals surface area contributed by atoms with Gasteiger partial charge >= 0.3 is 0 Å². The molecule has 0 unspecified atom stereocenters. The molecule has 0 aliphatic heterocycles. The van der Waals surface area contributed by atoms with E-state index < -0.39 is 0 Å². The summed E-state index contributed by atoms with van der Waals surface area (Å²) in [5, 5.41) is 10.9. The van der Waals surface area contributed by atoms with Gasteiger partial charge in [-0.25, -0.2) is 0 Å². The Hall–Kier alpha value is -1.52. The van der Waals surface area contributed by atoms with Crippen molar-refractivity contribution >= 4 is 11.6 Å². The highest BCUT2D eigenvalue weighted by Gasteiger charge is 2.10. The van der Waals surface area contributed by atoms with Crippen molar-refractivity contribution in [2.75, 3.05) is 14.2 Å². The monoisotopic (exact) mass is 251 g/mol. The van der Waals surface area contributed by atoms with Gasteiger partial charge in [0.1, 0.15) is 5.75 Å². The van der Waals surface area contributed by atoms with Gasteiger partial charge in [-0.3, -0.25) is 5.10 Å². The number of hydrogen-bond acceptors (Lipinski definition) is 3. The molecule has 1 aromatic heterocycles. The van der Waals surface area contributed by atoms with E-state index in [2.05, 4.69) is 15.5 Å². The highest BCUT2D eigenvalue weighted by molar-refractivity contribution is 6.30. The van der Waals surface area contributed by atoms with Gasteiger partial charge < -0.3 is 10.1 Å². The van der Waals surface area contributed by atoms with Crippen molar-refractivity contribution in [1.29, 1.82) is 0 Å². The molecule has 0 radical (unpaired) electrons. The second kappa shape index (κ2) is 5.21. The summed E-state index contributed by atoms with van der Waals surface area (Å²) in [7, 11) is 3.52. The number of methoxy groups -OCH3 is 1. The fourth-order valence-electron chi connectivity index (χ4n) is 1.66. The summed E-state index contributed by atoms with van der Waals surface area (Å²) in [4.78, 5) is 0. The molecule has 2 N–H and O–H groups in total. The van der Waals surface area contributed by atoms with Crippen LogP contribution in [-0.2, 0) is 6.54 Å². The van der Waals surface area contributed by atoms with E-state index >= 15 is 0 Å². The lowest BCUT2D eigenvalue weighted by Crippen LogP contribution is -2.04. The lowest BCUT2D eigenvalue weighted by atomic mass is 10.1. The Labute approximate surface area is 105 Å². The number of halogens is 1. The first kappa shape index (κ1) is 12.0. The van der Waals surface area contributed by atoms with Crippen LogP contribution in [0.2, 0.25) is 5.02 Å². The molecule has 0 fully saturated rings. The molecule has 0 atom stereocenters. The molecular formula is C12H14ClN3O. The number of benzene rings is 1.